The summed E-state index contributed by atoms with van der Waals surface area (Å²) in [6.45, 7) is 3.20. The lowest BCUT2D eigenvalue weighted by Gasteiger charge is -2.36. The maximum absolute atomic E-state index is 12.6. The van der Waals surface area contributed by atoms with Crippen molar-refractivity contribution in [2.75, 3.05) is 45.9 Å². The number of carbonyl (C=O) groups excluding carboxylic acids is 1. The van der Waals surface area contributed by atoms with E-state index >= 15 is 0 Å². The zero-order chi connectivity index (χ0) is 16.3. The van der Waals surface area contributed by atoms with Gasteiger partial charge in [0.25, 0.3) is 5.91 Å². The van der Waals surface area contributed by atoms with E-state index in [1.165, 1.54) is 4.31 Å². The monoisotopic (exact) mass is 339 g/mol. The van der Waals surface area contributed by atoms with Crippen LogP contribution in [-0.2, 0) is 19.6 Å². The molecule has 23 heavy (non-hydrogen) atoms. The molecule has 0 radical (unpaired) electrons. The number of morpholine rings is 1. The zero-order valence-corrected chi connectivity index (χ0v) is 13.7. The van der Waals surface area contributed by atoms with Crippen LogP contribution in [0.25, 0.3) is 0 Å². The van der Waals surface area contributed by atoms with Gasteiger partial charge in [-0.1, -0.05) is 18.2 Å². The number of nitrogens with zero attached hydrogens (tertiary/aromatic N) is 2. The molecule has 126 valence electrons. The van der Waals surface area contributed by atoms with Gasteiger partial charge in [0.1, 0.15) is 6.10 Å². The van der Waals surface area contributed by atoms with Crippen molar-refractivity contribution in [3.63, 3.8) is 0 Å². The number of carbonyl (C=O) groups is 1. The van der Waals surface area contributed by atoms with Gasteiger partial charge in [0.05, 0.1) is 11.5 Å². The van der Waals surface area contributed by atoms with Gasteiger partial charge >= 0.3 is 0 Å². The van der Waals surface area contributed by atoms with Crippen LogP contribution < -0.4 is 5.32 Å². The minimum atomic E-state index is -3.48. The molecule has 2 aliphatic heterocycles. The minimum Gasteiger partial charge on any atom is -0.366 e. The summed E-state index contributed by atoms with van der Waals surface area (Å²) in [5.74, 6) is -0.0611. The first-order valence-electron chi connectivity index (χ1n) is 7.75. The summed E-state index contributed by atoms with van der Waals surface area (Å²) >= 11 is 0. The van der Waals surface area contributed by atoms with Crippen molar-refractivity contribution in [2.45, 2.75) is 11.0 Å². The van der Waals surface area contributed by atoms with E-state index in [-0.39, 0.29) is 5.91 Å². The maximum atomic E-state index is 12.6. The van der Waals surface area contributed by atoms with Gasteiger partial charge in [-0.05, 0) is 12.1 Å². The lowest BCUT2D eigenvalue weighted by molar-refractivity contribution is -0.146. The Labute approximate surface area is 136 Å². The van der Waals surface area contributed by atoms with Crippen molar-refractivity contribution in [1.82, 2.24) is 14.5 Å². The van der Waals surface area contributed by atoms with Crippen LogP contribution in [0.5, 0.6) is 0 Å². The summed E-state index contributed by atoms with van der Waals surface area (Å²) in [6.07, 6.45) is -0.457. The summed E-state index contributed by atoms with van der Waals surface area (Å²) in [5, 5.41) is 3.13. The second-order valence-corrected chi connectivity index (χ2v) is 7.54. The molecule has 1 atom stereocenters. The number of amides is 1. The first-order valence-corrected chi connectivity index (χ1v) is 9.19. The molecule has 1 N–H and O–H groups in total. The number of nitrogens with one attached hydrogen (secondary N) is 1. The largest absolute Gasteiger partial charge is 0.366 e. The molecule has 8 heteroatoms. The van der Waals surface area contributed by atoms with Gasteiger partial charge in [0, 0.05) is 39.3 Å². The van der Waals surface area contributed by atoms with Gasteiger partial charge in [0.2, 0.25) is 10.0 Å². The molecular formula is C15H21N3O4S. The van der Waals surface area contributed by atoms with Gasteiger partial charge in [-0.2, -0.15) is 4.31 Å². The number of sulfonamides is 1. The molecular weight excluding hydrogens is 318 g/mol. The third-order valence-corrected chi connectivity index (χ3v) is 6.05. The van der Waals surface area contributed by atoms with E-state index in [0.29, 0.717) is 44.2 Å². The van der Waals surface area contributed by atoms with E-state index in [1.54, 1.807) is 35.2 Å². The molecule has 2 aliphatic rings. The van der Waals surface area contributed by atoms with Crippen molar-refractivity contribution < 1.29 is 17.9 Å². The Morgan fingerprint density at radius 2 is 1.83 bits per heavy atom. The van der Waals surface area contributed by atoms with E-state index in [2.05, 4.69) is 5.32 Å². The average Bonchev–Trinajstić information content (AvgIpc) is 2.63. The van der Waals surface area contributed by atoms with Crippen LogP contribution >= 0.6 is 0 Å². The first-order chi connectivity index (χ1) is 11.1. The highest BCUT2D eigenvalue weighted by molar-refractivity contribution is 7.89. The molecule has 1 unspecified atom stereocenters. The van der Waals surface area contributed by atoms with Crippen LogP contribution in [0.4, 0.5) is 0 Å². The van der Waals surface area contributed by atoms with Crippen LogP contribution in [0.2, 0.25) is 0 Å². The average molecular weight is 339 g/mol. The number of hydrogen-bond donors (Lipinski definition) is 1. The van der Waals surface area contributed by atoms with Crippen molar-refractivity contribution in [3.05, 3.63) is 30.3 Å². The highest BCUT2D eigenvalue weighted by atomic mass is 32.2. The molecule has 2 fully saturated rings. The molecule has 2 saturated heterocycles. The molecule has 0 aliphatic carbocycles. The minimum absolute atomic E-state index is 0.0611. The molecule has 7 nitrogen and oxygen atoms in total. The van der Waals surface area contributed by atoms with Crippen LogP contribution in [0.3, 0.4) is 0 Å². The Kier molecular flexibility index (Phi) is 4.96. The Balaban J connectivity index is 1.61. The number of ether oxygens (including phenoxy) is 1. The summed E-state index contributed by atoms with van der Waals surface area (Å²) in [6, 6.07) is 8.39. The SMILES string of the molecule is O=C(C1CNCCO1)N1CCN(S(=O)(=O)c2ccccc2)CC1. The van der Waals surface area contributed by atoms with E-state index in [0.717, 1.165) is 6.54 Å². The third kappa shape index (κ3) is 3.55. The van der Waals surface area contributed by atoms with Crippen molar-refractivity contribution in [1.29, 1.82) is 0 Å². The van der Waals surface area contributed by atoms with Crippen molar-refractivity contribution >= 4 is 15.9 Å². The first kappa shape index (κ1) is 16.4. The summed E-state index contributed by atoms with van der Waals surface area (Å²) in [7, 11) is -3.48. The van der Waals surface area contributed by atoms with Gasteiger partial charge in [0.15, 0.2) is 0 Å². The van der Waals surface area contributed by atoms with E-state index in [4.69, 9.17) is 4.74 Å². The lowest BCUT2D eigenvalue weighted by atomic mass is 10.2. The second kappa shape index (κ2) is 6.96. The molecule has 0 spiro atoms. The Morgan fingerprint density at radius 3 is 2.43 bits per heavy atom. The molecule has 2 heterocycles. The fourth-order valence-electron chi connectivity index (χ4n) is 2.82. The molecule has 0 aromatic heterocycles. The van der Waals surface area contributed by atoms with Crippen molar-refractivity contribution in [3.8, 4) is 0 Å². The highest BCUT2D eigenvalue weighted by Crippen LogP contribution is 2.17. The molecule has 0 bridgehead atoms. The number of benzene rings is 1. The highest BCUT2D eigenvalue weighted by Gasteiger charge is 2.33. The smallest absolute Gasteiger partial charge is 0.253 e. The number of hydrogen-bond acceptors (Lipinski definition) is 5. The number of rotatable bonds is 3. The van der Waals surface area contributed by atoms with Crippen LogP contribution in [0.15, 0.2) is 35.2 Å². The molecule has 1 aromatic rings. The van der Waals surface area contributed by atoms with Crippen LogP contribution in [0.1, 0.15) is 0 Å². The molecule has 1 amide bonds. The lowest BCUT2D eigenvalue weighted by Crippen LogP contribution is -2.55. The summed E-state index contributed by atoms with van der Waals surface area (Å²) < 4.78 is 32.0. The summed E-state index contributed by atoms with van der Waals surface area (Å²) in [5.41, 5.74) is 0. The standard InChI is InChI=1S/C15H21N3O4S/c19-15(14-12-16-6-11-22-14)17-7-9-18(10-8-17)23(20,21)13-4-2-1-3-5-13/h1-5,14,16H,6-12H2. The van der Waals surface area contributed by atoms with E-state index in [1.807, 2.05) is 0 Å². The predicted molar refractivity (Wildman–Crippen MR) is 84.4 cm³/mol. The second-order valence-electron chi connectivity index (χ2n) is 5.61. The molecule has 0 saturated carbocycles. The van der Waals surface area contributed by atoms with Gasteiger partial charge in [-0.3, -0.25) is 4.79 Å². The quantitative estimate of drug-likeness (QED) is 0.804. The van der Waals surface area contributed by atoms with Gasteiger partial charge in [-0.15, -0.1) is 0 Å². The topological polar surface area (TPSA) is 79.0 Å². The van der Waals surface area contributed by atoms with Gasteiger partial charge < -0.3 is 15.0 Å². The molecule has 3 rings (SSSR count). The Bertz CT molecular complexity index is 636. The predicted octanol–water partition coefficient (Wildman–Crippen LogP) is -0.492. The van der Waals surface area contributed by atoms with Gasteiger partial charge in [-0.25, -0.2) is 8.42 Å². The van der Waals surface area contributed by atoms with E-state index in [9.17, 15) is 13.2 Å². The summed E-state index contributed by atoms with van der Waals surface area (Å²) in [4.78, 5) is 14.4. The van der Waals surface area contributed by atoms with Crippen molar-refractivity contribution in [2.24, 2.45) is 0 Å². The fourth-order valence-corrected chi connectivity index (χ4v) is 4.26. The zero-order valence-electron chi connectivity index (χ0n) is 12.8. The van der Waals surface area contributed by atoms with E-state index < -0.39 is 16.1 Å². The normalized spacial score (nSPS) is 23.7. The third-order valence-electron chi connectivity index (χ3n) is 4.13. The maximum Gasteiger partial charge on any atom is 0.253 e. The number of piperazine rings is 1. The fraction of sp³-hybridized carbons (Fsp3) is 0.533. The Hall–Kier alpha value is -1.48. The Morgan fingerprint density at radius 1 is 1.13 bits per heavy atom. The van der Waals surface area contributed by atoms with Crippen LogP contribution in [0, 0.1) is 0 Å². The van der Waals surface area contributed by atoms with Crippen LogP contribution in [-0.4, -0.2) is 75.5 Å². The molecule has 1 aromatic carbocycles.